The molecule has 1 aliphatic carbocycles. The van der Waals surface area contributed by atoms with Crippen molar-refractivity contribution in [2.45, 2.75) is 25.3 Å². The number of rotatable bonds is 5. The Labute approximate surface area is 106 Å². The molecule has 1 N–H and O–H groups in total. The molecule has 6 heteroatoms. The highest BCUT2D eigenvalue weighted by molar-refractivity contribution is 5.73. The van der Waals surface area contributed by atoms with Gasteiger partial charge in [-0.2, -0.15) is 0 Å². The second-order valence-electron chi connectivity index (χ2n) is 4.68. The van der Waals surface area contributed by atoms with Gasteiger partial charge in [0.15, 0.2) is 0 Å². The summed E-state index contributed by atoms with van der Waals surface area (Å²) in [6.45, 7) is -0.0659. The molecule has 0 aromatic carbocycles. The van der Waals surface area contributed by atoms with Gasteiger partial charge in [0.2, 0.25) is 0 Å². The van der Waals surface area contributed by atoms with Crippen molar-refractivity contribution in [1.82, 2.24) is 9.97 Å². The molecular formula is C12H18N4O2. The first-order valence-electron chi connectivity index (χ1n) is 6.05. The molecule has 1 aromatic rings. The summed E-state index contributed by atoms with van der Waals surface area (Å²) in [7, 11) is 3.73. The van der Waals surface area contributed by atoms with Crippen LogP contribution in [-0.4, -0.2) is 47.7 Å². The standard InChI is InChI=1S/C12H18N4O2/c1-15(7-12(17)18)10-6-11(14-8-13-10)16(2)9-4-3-5-9/h6,8-9H,3-5,7H2,1-2H3,(H,17,18). The summed E-state index contributed by atoms with van der Waals surface area (Å²) in [5.41, 5.74) is 0. The van der Waals surface area contributed by atoms with Crippen molar-refractivity contribution in [2.75, 3.05) is 30.4 Å². The highest BCUT2D eigenvalue weighted by atomic mass is 16.4. The summed E-state index contributed by atoms with van der Waals surface area (Å²) in [5.74, 6) is 0.612. The first-order chi connectivity index (χ1) is 8.58. The molecule has 1 fully saturated rings. The fourth-order valence-electron chi connectivity index (χ4n) is 1.98. The third-order valence-corrected chi connectivity index (χ3v) is 3.39. The number of likely N-dealkylation sites (N-methyl/N-ethyl adjacent to an activating group) is 1. The van der Waals surface area contributed by atoms with Crippen molar-refractivity contribution in [1.29, 1.82) is 0 Å². The van der Waals surface area contributed by atoms with Crippen LogP contribution in [0.15, 0.2) is 12.4 Å². The van der Waals surface area contributed by atoms with Crippen LogP contribution in [0.2, 0.25) is 0 Å². The van der Waals surface area contributed by atoms with Crippen LogP contribution in [0.3, 0.4) is 0 Å². The van der Waals surface area contributed by atoms with E-state index in [9.17, 15) is 4.79 Å². The Kier molecular flexibility index (Phi) is 3.64. The Morgan fingerprint density at radius 2 is 2.06 bits per heavy atom. The lowest BCUT2D eigenvalue weighted by Gasteiger charge is -2.35. The molecule has 0 atom stereocenters. The van der Waals surface area contributed by atoms with Gasteiger partial charge in [-0.15, -0.1) is 0 Å². The second-order valence-corrected chi connectivity index (χ2v) is 4.68. The molecule has 1 aliphatic rings. The second kappa shape index (κ2) is 5.20. The number of carboxylic acids is 1. The number of anilines is 2. The third-order valence-electron chi connectivity index (χ3n) is 3.39. The zero-order chi connectivity index (χ0) is 13.1. The van der Waals surface area contributed by atoms with Crippen molar-refractivity contribution >= 4 is 17.6 Å². The molecule has 2 rings (SSSR count). The number of hydrogen-bond donors (Lipinski definition) is 1. The van der Waals surface area contributed by atoms with Crippen molar-refractivity contribution in [3.05, 3.63) is 12.4 Å². The van der Waals surface area contributed by atoms with Gasteiger partial charge in [0.1, 0.15) is 24.5 Å². The van der Waals surface area contributed by atoms with Crippen molar-refractivity contribution in [3.63, 3.8) is 0 Å². The Bertz CT molecular complexity index is 434. The van der Waals surface area contributed by atoms with E-state index in [1.165, 1.54) is 25.6 Å². The molecule has 0 radical (unpaired) electrons. The molecule has 18 heavy (non-hydrogen) atoms. The van der Waals surface area contributed by atoms with Gasteiger partial charge in [-0.3, -0.25) is 4.79 Å². The smallest absolute Gasteiger partial charge is 0.323 e. The summed E-state index contributed by atoms with van der Waals surface area (Å²) in [4.78, 5) is 22.8. The van der Waals surface area contributed by atoms with Gasteiger partial charge >= 0.3 is 5.97 Å². The van der Waals surface area contributed by atoms with E-state index in [4.69, 9.17) is 5.11 Å². The molecule has 0 unspecified atom stereocenters. The van der Waals surface area contributed by atoms with Crippen molar-refractivity contribution < 1.29 is 9.90 Å². The molecule has 0 aliphatic heterocycles. The van der Waals surface area contributed by atoms with Crippen LogP contribution in [-0.2, 0) is 4.79 Å². The lowest BCUT2D eigenvalue weighted by molar-refractivity contribution is -0.135. The number of aromatic nitrogens is 2. The Morgan fingerprint density at radius 1 is 1.39 bits per heavy atom. The zero-order valence-electron chi connectivity index (χ0n) is 10.7. The number of nitrogens with zero attached hydrogens (tertiary/aromatic N) is 4. The SMILES string of the molecule is CN(CC(=O)O)c1cc(N(C)C2CCC2)ncn1. The van der Waals surface area contributed by atoms with Gasteiger partial charge in [0.25, 0.3) is 0 Å². The maximum atomic E-state index is 10.7. The summed E-state index contributed by atoms with van der Waals surface area (Å²) < 4.78 is 0. The molecule has 0 bridgehead atoms. The van der Waals surface area contributed by atoms with E-state index in [-0.39, 0.29) is 6.54 Å². The number of aliphatic carboxylic acids is 1. The quantitative estimate of drug-likeness (QED) is 0.840. The maximum absolute atomic E-state index is 10.7. The van der Waals surface area contributed by atoms with Gasteiger partial charge in [-0.05, 0) is 19.3 Å². The molecular weight excluding hydrogens is 232 g/mol. The Morgan fingerprint density at radius 3 is 2.61 bits per heavy atom. The van der Waals surface area contributed by atoms with E-state index >= 15 is 0 Å². The van der Waals surface area contributed by atoms with Crippen LogP contribution in [0.25, 0.3) is 0 Å². The molecule has 0 amide bonds. The molecule has 1 heterocycles. The molecule has 0 spiro atoms. The van der Waals surface area contributed by atoms with Crippen molar-refractivity contribution in [3.8, 4) is 0 Å². The van der Waals surface area contributed by atoms with E-state index in [0.717, 1.165) is 5.82 Å². The first-order valence-corrected chi connectivity index (χ1v) is 6.05. The Hall–Kier alpha value is -1.85. The highest BCUT2D eigenvalue weighted by Crippen LogP contribution is 2.27. The monoisotopic (exact) mass is 250 g/mol. The topological polar surface area (TPSA) is 69.6 Å². The fourth-order valence-corrected chi connectivity index (χ4v) is 1.98. The van der Waals surface area contributed by atoms with Crippen molar-refractivity contribution in [2.24, 2.45) is 0 Å². The Balaban J connectivity index is 2.11. The zero-order valence-corrected chi connectivity index (χ0v) is 10.7. The molecule has 1 saturated carbocycles. The van der Waals surface area contributed by atoms with Gasteiger partial charge in [0, 0.05) is 26.2 Å². The number of carbonyl (C=O) groups is 1. The van der Waals surface area contributed by atoms with E-state index in [2.05, 4.69) is 14.9 Å². The summed E-state index contributed by atoms with van der Waals surface area (Å²) in [6, 6.07) is 2.39. The predicted octanol–water partition coefficient (Wildman–Crippen LogP) is 0.986. The lowest BCUT2D eigenvalue weighted by atomic mass is 9.92. The van der Waals surface area contributed by atoms with Gasteiger partial charge in [-0.25, -0.2) is 9.97 Å². The summed E-state index contributed by atoms with van der Waals surface area (Å²) >= 11 is 0. The van der Waals surface area contributed by atoms with Crippen LogP contribution in [0.5, 0.6) is 0 Å². The molecule has 98 valence electrons. The molecule has 1 aromatic heterocycles. The normalized spacial score (nSPS) is 15.0. The lowest BCUT2D eigenvalue weighted by Crippen LogP contribution is -2.37. The van der Waals surface area contributed by atoms with E-state index in [0.29, 0.717) is 11.9 Å². The van der Waals surface area contributed by atoms with Gasteiger partial charge < -0.3 is 14.9 Å². The predicted molar refractivity (Wildman–Crippen MR) is 69.0 cm³/mol. The minimum absolute atomic E-state index is 0.0659. The largest absolute Gasteiger partial charge is 0.480 e. The van der Waals surface area contributed by atoms with Gasteiger partial charge in [-0.1, -0.05) is 0 Å². The third kappa shape index (κ3) is 2.69. The number of carboxylic acid groups (broad SMARTS) is 1. The minimum atomic E-state index is -0.870. The van der Waals surface area contributed by atoms with Crippen LogP contribution in [0.4, 0.5) is 11.6 Å². The summed E-state index contributed by atoms with van der Waals surface area (Å²) in [6.07, 6.45) is 5.14. The van der Waals surface area contributed by atoms with Crippen LogP contribution in [0.1, 0.15) is 19.3 Å². The average Bonchev–Trinajstić information content (AvgIpc) is 2.26. The van der Waals surface area contributed by atoms with Crippen LogP contribution < -0.4 is 9.80 Å². The van der Waals surface area contributed by atoms with E-state index < -0.39 is 5.97 Å². The first kappa shape index (κ1) is 12.6. The highest BCUT2D eigenvalue weighted by Gasteiger charge is 2.23. The minimum Gasteiger partial charge on any atom is -0.480 e. The fraction of sp³-hybridized carbons (Fsp3) is 0.583. The summed E-state index contributed by atoms with van der Waals surface area (Å²) in [5, 5.41) is 8.76. The van der Waals surface area contributed by atoms with E-state index in [1.54, 1.807) is 11.9 Å². The van der Waals surface area contributed by atoms with E-state index in [1.807, 2.05) is 13.1 Å². The molecule has 6 nitrogen and oxygen atoms in total. The average molecular weight is 250 g/mol. The molecule has 0 saturated heterocycles. The van der Waals surface area contributed by atoms with Crippen LogP contribution in [0, 0.1) is 0 Å². The number of hydrogen-bond acceptors (Lipinski definition) is 5. The van der Waals surface area contributed by atoms with Gasteiger partial charge in [0.05, 0.1) is 0 Å². The van der Waals surface area contributed by atoms with Crippen LogP contribution >= 0.6 is 0 Å². The maximum Gasteiger partial charge on any atom is 0.323 e.